The van der Waals surface area contributed by atoms with Crippen LogP contribution >= 0.6 is 0 Å². The lowest BCUT2D eigenvalue weighted by Gasteiger charge is -2.38. The standard InChI is InChI=1S/C29H38FN3O5Si/c1-28(2,3)37-27(35)33-22-12-10-20(38-39(8,9)29(4,5)6)14-18(22)15-23(33)21-11-13-24(31-25(21)30)32-16-19(17-32)26(34)36-7/h10-15,19H,16-17H2,1-9H3. The first kappa shape index (κ1) is 28.6. The van der Waals surface area contributed by atoms with E-state index in [2.05, 4.69) is 38.8 Å². The number of fused-ring (bicyclic) bond motifs is 1. The van der Waals surface area contributed by atoms with Crippen LogP contribution in [0.15, 0.2) is 36.4 Å². The Morgan fingerprint density at radius 2 is 1.69 bits per heavy atom. The van der Waals surface area contributed by atoms with Gasteiger partial charge < -0.3 is 18.8 Å². The van der Waals surface area contributed by atoms with Gasteiger partial charge in [-0.1, -0.05) is 20.8 Å². The molecule has 0 N–H and O–H groups in total. The van der Waals surface area contributed by atoms with Crippen molar-refractivity contribution in [1.82, 2.24) is 9.55 Å². The maximum atomic E-state index is 15.5. The second kappa shape index (κ2) is 9.97. The van der Waals surface area contributed by atoms with Crippen LogP contribution in [-0.2, 0) is 14.3 Å². The van der Waals surface area contributed by atoms with Crippen LogP contribution in [0.4, 0.5) is 15.0 Å². The monoisotopic (exact) mass is 555 g/mol. The fraction of sp³-hybridized carbons (Fsp3) is 0.483. The van der Waals surface area contributed by atoms with E-state index in [1.54, 1.807) is 45.0 Å². The molecule has 0 aliphatic carbocycles. The Bertz CT molecular complexity index is 1410. The molecular formula is C29H38FN3O5Si. The Morgan fingerprint density at radius 1 is 1.03 bits per heavy atom. The molecule has 0 amide bonds. The van der Waals surface area contributed by atoms with E-state index < -0.39 is 26.0 Å². The van der Waals surface area contributed by atoms with Gasteiger partial charge in [0.25, 0.3) is 0 Å². The molecular weight excluding hydrogens is 517 g/mol. The summed E-state index contributed by atoms with van der Waals surface area (Å²) in [5.41, 5.74) is 0.327. The number of aromatic nitrogens is 2. The van der Waals surface area contributed by atoms with Crippen LogP contribution in [0.2, 0.25) is 18.1 Å². The number of methoxy groups -OCH3 is 1. The average molecular weight is 556 g/mol. The average Bonchev–Trinajstić information content (AvgIpc) is 3.14. The third-order valence-electron chi connectivity index (χ3n) is 7.38. The molecule has 0 unspecified atom stereocenters. The number of ether oxygens (including phenoxy) is 2. The summed E-state index contributed by atoms with van der Waals surface area (Å²) in [6.07, 6.45) is -0.613. The summed E-state index contributed by atoms with van der Waals surface area (Å²) < 4.78 is 33.8. The largest absolute Gasteiger partial charge is 0.543 e. The Kier molecular flexibility index (Phi) is 7.31. The first-order chi connectivity index (χ1) is 18.0. The highest BCUT2D eigenvalue weighted by molar-refractivity contribution is 6.74. The number of benzene rings is 1. The molecule has 1 saturated heterocycles. The van der Waals surface area contributed by atoms with Gasteiger partial charge in [-0.25, -0.2) is 14.3 Å². The van der Waals surface area contributed by atoms with Gasteiger partial charge in [0.1, 0.15) is 17.2 Å². The number of hydrogen-bond acceptors (Lipinski definition) is 7. The van der Waals surface area contributed by atoms with Crippen molar-refractivity contribution in [2.45, 2.75) is 65.3 Å². The predicted molar refractivity (Wildman–Crippen MR) is 152 cm³/mol. The number of pyridine rings is 1. The Morgan fingerprint density at radius 3 is 2.26 bits per heavy atom. The topological polar surface area (TPSA) is 82.9 Å². The van der Waals surface area contributed by atoms with Crippen LogP contribution < -0.4 is 9.33 Å². The normalized spacial score (nSPS) is 14.8. The highest BCUT2D eigenvalue weighted by Crippen LogP contribution is 2.39. The van der Waals surface area contributed by atoms with E-state index in [0.29, 0.717) is 35.9 Å². The van der Waals surface area contributed by atoms with Gasteiger partial charge in [0.15, 0.2) is 0 Å². The third kappa shape index (κ3) is 5.80. The molecule has 3 aromatic rings. The van der Waals surface area contributed by atoms with E-state index in [0.717, 1.165) is 5.39 Å². The quantitative estimate of drug-likeness (QED) is 0.199. The van der Waals surface area contributed by atoms with Crippen molar-refractivity contribution >= 4 is 37.1 Å². The fourth-order valence-corrected chi connectivity index (χ4v) is 5.20. The molecule has 0 saturated carbocycles. The van der Waals surface area contributed by atoms with Gasteiger partial charge in [-0.15, -0.1) is 0 Å². The number of carbonyl (C=O) groups is 2. The van der Waals surface area contributed by atoms with E-state index in [1.807, 2.05) is 17.0 Å². The Labute approximate surface area is 230 Å². The van der Waals surface area contributed by atoms with E-state index in [-0.39, 0.29) is 22.5 Å². The number of esters is 1. The summed E-state index contributed by atoms with van der Waals surface area (Å²) >= 11 is 0. The lowest BCUT2D eigenvalue weighted by Crippen LogP contribution is -2.51. The van der Waals surface area contributed by atoms with Crippen LogP contribution in [0, 0.1) is 11.9 Å². The molecule has 3 heterocycles. The maximum absolute atomic E-state index is 15.5. The molecule has 1 aliphatic rings. The summed E-state index contributed by atoms with van der Waals surface area (Å²) in [5.74, 6) is -0.145. The molecule has 39 heavy (non-hydrogen) atoms. The van der Waals surface area contributed by atoms with Crippen molar-refractivity contribution in [3.63, 3.8) is 0 Å². The van der Waals surface area contributed by atoms with Crippen molar-refractivity contribution in [2.75, 3.05) is 25.1 Å². The number of rotatable bonds is 5. The summed E-state index contributed by atoms with van der Waals surface area (Å²) in [4.78, 5) is 31.0. The highest BCUT2D eigenvalue weighted by atomic mass is 28.4. The van der Waals surface area contributed by atoms with Crippen LogP contribution in [0.1, 0.15) is 41.5 Å². The highest BCUT2D eigenvalue weighted by Gasteiger charge is 2.39. The smallest absolute Gasteiger partial charge is 0.419 e. The first-order valence-electron chi connectivity index (χ1n) is 13.1. The van der Waals surface area contributed by atoms with Crippen molar-refractivity contribution in [1.29, 1.82) is 0 Å². The molecule has 1 fully saturated rings. The third-order valence-corrected chi connectivity index (χ3v) is 11.7. The van der Waals surface area contributed by atoms with Crippen LogP contribution in [0.25, 0.3) is 22.2 Å². The van der Waals surface area contributed by atoms with Gasteiger partial charge in [0.05, 0.1) is 29.8 Å². The zero-order chi connectivity index (χ0) is 28.9. The van der Waals surface area contributed by atoms with Crippen LogP contribution in [-0.4, -0.2) is 55.7 Å². The van der Waals surface area contributed by atoms with Gasteiger partial charge in [-0.3, -0.25) is 4.79 Å². The lowest BCUT2D eigenvalue weighted by molar-refractivity contribution is -0.146. The second-order valence-corrected chi connectivity index (χ2v) is 17.3. The summed E-state index contributed by atoms with van der Waals surface area (Å²) in [7, 11) is -0.747. The molecule has 0 radical (unpaired) electrons. The molecule has 0 spiro atoms. The Balaban J connectivity index is 1.74. The van der Waals surface area contributed by atoms with Gasteiger partial charge >= 0.3 is 12.1 Å². The number of anilines is 1. The van der Waals surface area contributed by atoms with Crippen molar-refractivity contribution < 1.29 is 27.9 Å². The molecule has 1 aliphatic heterocycles. The Hall–Kier alpha value is -3.40. The number of carbonyl (C=O) groups excluding carboxylic acids is 2. The number of nitrogens with zero attached hydrogens (tertiary/aromatic N) is 3. The molecule has 0 bridgehead atoms. The summed E-state index contributed by atoms with van der Waals surface area (Å²) in [5, 5.41) is 0.735. The van der Waals surface area contributed by atoms with Gasteiger partial charge in [-0.05, 0) is 75.3 Å². The van der Waals surface area contributed by atoms with Crippen LogP contribution in [0.5, 0.6) is 5.75 Å². The van der Waals surface area contributed by atoms with Crippen molar-refractivity contribution in [2.24, 2.45) is 5.92 Å². The molecule has 8 nitrogen and oxygen atoms in total. The SMILES string of the molecule is COC(=O)C1CN(c2ccc(-c3cc4cc(O[Si](C)(C)C(C)(C)C)ccc4n3C(=O)OC(C)(C)C)c(F)n2)C1. The van der Waals surface area contributed by atoms with E-state index in [4.69, 9.17) is 13.9 Å². The predicted octanol–water partition coefficient (Wildman–Crippen LogP) is 6.62. The second-order valence-electron chi connectivity index (χ2n) is 12.6. The molecule has 4 rings (SSSR count). The zero-order valence-corrected chi connectivity index (χ0v) is 25.2. The number of halogens is 1. The summed E-state index contributed by atoms with van der Waals surface area (Å²) in [6.45, 7) is 17.0. The van der Waals surface area contributed by atoms with Crippen molar-refractivity contribution in [3.05, 3.63) is 42.3 Å². The van der Waals surface area contributed by atoms with E-state index in [1.165, 1.54) is 11.7 Å². The molecule has 10 heteroatoms. The minimum atomic E-state index is -2.10. The lowest BCUT2D eigenvalue weighted by atomic mass is 10.0. The minimum absolute atomic E-state index is 0.0133. The zero-order valence-electron chi connectivity index (χ0n) is 24.2. The van der Waals surface area contributed by atoms with E-state index in [9.17, 15) is 9.59 Å². The van der Waals surface area contributed by atoms with Crippen molar-refractivity contribution in [3.8, 4) is 17.0 Å². The molecule has 1 aromatic carbocycles. The minimum Gasteiger partial charge on any atom is -0.543 e. The van der Waals surface area contributed by atoms with Gasteiger partial charge in [0, 0.05) is 18.5 Å². The van der Waals surface area contributed by atoms with E-state index >= 15 is 4.39 Å². The molecule has 0 atom stereocenters. The van der Waals surface area contributed by atoms with Crippen LogP contribution in [0.3, 0.4) is 0 Å². The van der Waals surface area contributed by atoms with Gasteiger partial charge in [0.2, 0.25) is 14.3 Å². The summed E-state index contributed by atoms with van der Waals surface area (Å²) in [6, 6.07) is 10.6. The van der Waals surface area contributed by atoms with Gasteiger partial charge in [-0.2, -0.15) is 4.39 Å². The maximum Gasteiger partial charge on any atom is 0.419 e. The molecule has 2 aromatic heterocycles. The first-order valence-corrected chi connectivity index (χ1v) is 16.0. The number of hydrogen-bond donors (Lipinski definition) is 0. The molecule has 210 valence electrons. The fourth-order valence-electron chi connectivity index (χ4n) is 4.18.